The van der Waals surface area contributed by atoms with Crippen molar-refractivity contribution in [2.75, 3.05) is 27.2 Å². The van der Waals surface area contributed by atoms with Crippen molar-refractivity contribution in [2.45, 2.75) is 19.8 Å². The highest BCUT2D eigenvalue weighted by Gasteiger charge is 2.12. The van der Waals surface area contributed by atoms with E-state index in [2.05, 4.69) is 71.8 Å². The SMILES string of the molecule is CCCOc1ccc2[nH]cc(CCN(C)C)c2c1I. The molecule has 4 heteroatoms. The molecule has 1 heterocycles. The Morgan fingerprint density at radius 2 is 2.11 bits per heavy atom. The molecule has 0 spiro atoms. The van der Waals surface area contributed by atoms with Gasteiger partial charge in [0.1, 0.15) is 5.75 Å². The van der Waals surface area contributed by atoms with E-state index in [9.17, 15) is 0 Å². The quantitative estimate of drug-likeness (QED) is 0.784. The molecular weight excluding hydrogens is 351 g/mol. The highest BCUT2D eigenvalue weighted by molar-refractivity contribution is 14.1. The minimum Gasteiger partial charge on any atom is -0.492 e. The molecule has 0 amide bonds. The van der Waals surface area contributed by atoms with Crippen LogP contribution in [0.5, 0.6) is 5.75 Å². The van der Waals surface area contributed by atoms with Crippen LogP contribution in [0.1, 0.15) is 18.9 Å². The molecule has 0 fully saturated rings. The zero-order chi connectivity index (χ0) is 13.8. The first-order valence-corrected chi connectivity index (χ1v) is 7.77. The maximum atomic E-state index is 5.81. The van der Waals surface area contributed by atoms with E-state index in [1.165, 1.54) is 20.0 Å². The van der Waals surface area contributed by atoms with E-state index in [4.69, 9.17) is 4.74 Å². The van der Waals surface area contributed by atoms with E-state index >= 15 is 0 Å². The van der Waals surface area contributed by atoms with E-state index in [0.717, 1.165) is 31.7 Å². The average Bonchev–Trinajstić information content (AvgIpc) is 2.79. The number of hydrogen-bond acceptors (Lipinski definition) is 2. The Labute approximate surface area is 128 Å². The molecule has 2 rings (SSSR count). The lowest BCUT2D eigenvalue weighted by atomic mass is 10.1. The monoisotopic (exact) mass is 372 g/mol. The summed E-state index contributed by atoms with van der Waals surface area (Å²) in [5, 5.41) is 1.32. The van der Waals surface area contributed by atoms with Crippen LogP contribution in [-0.2, 0) is 6.42 Å². The lowest BCUT2D eigenvalue weighted by Gasteiger charge is -2.11. The topological polar surface area (TPSA) is 28.3 Å². The minimum absolute atomic E-state index is 0.777. The first-order valence-electron chi connectivity index (χ1n) is 6.69. The maximum Gasteiger partial charge on any atom is 0.133 e. The van der Waals surface area contributed by atoms with Gasteiger partial charge in [-0.2, -0.15) is 0 Å². The Bertz CT molecular complexity index is 548. The number of aromatic amines is 1. The van der Waals surface area contributed by atoms with Gasteiger partial charge in [0.25, 0.3) is 0 Å². The second kappa shape index (κ2) is 6.61. The summed E-state index contributed by atoms with van der Waals surface area (Å²) >= 11 is 2.40. The highest BCUT2D eigenvalue weighted by Crippen LogP contribution is 2.32. The predicted octanol–water partition coefficient (Wildman–Crippen LogP) is 3.67. The van der Waals surface area contributed by atoms with Crippen LogP contribution in [-0.4, -0.2) is 37.1 Å². The third-order valence-corrected chi connectivity index (χ3v) is 4.19. The van der Waals surface area contributed by atoms with Gasteiger partial charge in [0.05, 0.1) is 10.2 Å². The molecule has 0 bridgehead atoms. The number of likely N-dealkylation sites (N-methyl/N-ethyl adjacent to an activating group) is 1. The fourth-order valence-electron chi connectivity index (χ4n) is 2.09. The van der Waals surface area contributed by atoms with Gasteiger partial charge in [-0.05, 0) is 67.2 Å². The van der Waals surface area contributed by atoms with Gasteiger partial charge in [-0.15, -0.1) is 0 Å². The van der Waals surface area contributed by atoms with Gasteiger partial charge in [-0.3, -0.25) is 0 Å². The largest absolute Gasteiger partial charge is 0.492 e. The minimum atomic E-state index is 0.777. The van der Waals surface area contributed by atoms with Crippen LogP contribution in [0.4, 0.5) is 0 Å². The van der Waals surface area contributed by atoms with Gasteiger partial charge < -0.3 is 14.6 Å². The van der Waals surface area contributed by atoms with Gasteiger partial charge in [0, 0.05) is 23.6 Å². The number of hydrogen-bond donors (Lipinski definition) is 1. The number of fused-ring (bicyclic) bond motifs is 1. The van der Waals surface area contributed by atoms with E-state index < -0.39 is 0 Å². The molecular formula is C15H21IN2O. The standard InChI is InChI=1S/C15H21IN2O/c1-4-9-19-13-6-5-12-14(15(13)16)11(10-17-12)7-8-18(2)3/h5-6,10,17H,4,7-9H2,1-3H3. The average molecular weight is 372 g/mol. The maximum absolute atomic E-state index is 5.81. The van der Waals surface area contributed by atoms with E-state index in [1.807, 2.05) is 0 Å². The Kier molecular flexibility index (Phi) is 5.10. The zero-order valence-electron chi connectivity index (χ0n) is 11.8. The molecule has 0 saturated carbocycles. The van der Waals surface area contributed by atoms with E-state index in [0.29, 0.717) is 0 Å². The number of benzene rings is 1. The number of nitrogens with zero attached hydrogens (tertiary/aromatic N) is 1. The van der Waals surface area contributed by atoms with Crippen molar-refractivity contribution in [3.05, 3.63) is 27.5 Å². The van der Waals surface area contributed by atoms with Crippen molar-refractivity contribution in [1.82, 2.24) is 9.88 Å². The van der Waals surface area contributed by atoms with Crippen LogP contribution < -0.4 is 4.74 Å². The molecule has 0 saturated heterocycles. The summed E-state index contributed by atoms with van der Waals surface area (Å²) in [6.45, 7) is 3.96. The van der Waals surface area contributed by atoms with Gasteiger partial charge >= 0.3 is 0 Å². The summed E-state index contributed by atoms with van der Waals surface area (Å²) in [4.78, 5) is 5.57. The lowest BCUT2D eigenvalue weighted by molar-refractivity contribution is 0.316. The Morgan fingerprint density at radius 3 is 2.79 bits per heavy atom. The summed E-state index contributed by atoms with van der Waals surface area (Å²) in [7, 11) is 4.21. The van der Waals surface area contributed by atoms with Crippen LogP contribution in [0.25, 0.3) is 10.9 Å². The van der Waals surface area contributed by atoms with Crippen molar-refractivity contribution in [2.24, 2.45) is 0 Å². The van der Waals surface area contributed by atoms with Crippen LogP contribution >= 0.6 is 22.6 Å². The molecule has 0 aliphatic heterocycles. The second-order valence-corrected chi connectivity index (χ2v) is 6.09. The molecule has 19 heavy (non-hydrogen) atoms. The molecule has 0 aliphatic carbocycles. The first kappa shape index (κ1) is 14.7. The smallest absolute Gasteiger partial charge is 0.133 e. The third-order valence-electron chi connectivity index (χ3n) is 3.12. The fraction of sp³-hybridized carbons (Fsp3) is 0.467. The molecule has 2 aromatic rings. The normalized spacial score (nSPS) is 11.4. The summed E-state index contributed by atoms with van der Waals surface area (Å²) < 4.78 is 7.03. The summed E-state index contributed by atoms with van der Waals surface area (Å²) in [5.74, 6) is 1.00. The molecule has 1 aromatic heterocycles. The number of ether oxygens (including phenoxy) is 1. The van der Waals surface area contributed by atoms with Crippen LogP contribution in [0.3, 0.4) is 0 Å². The van der Waals surface area contributed by atoms with Crippen molar-refractivity contribution in [3.8, 4) is 5.75 Å². The fourth-order valence-corrected chi connectivity index (χ4v) is 3.07. The van der Waals surface area contributed by atoms with Crippen LogP contribution in [0.15, 0.2) is 18.3 Å². The first-order chi connectivity index (χ1) is 9.13. The summed E-state index contributed by atoms with van der Waals surface area (Å²) in [5.41, 5.74) is 2.57. The lowest BCUT2D eigenvalue weighted by Crippen LogP contribution is -2.14. The number of H-pyrrole nitrogens is 1. The van der Waals surface area contributed by atoms with Gasteiger partial charge in [-0.25, -0.2) is 0 Å². The van der Waals surface area contributed by atoms with E-state index in [-0.39, 0.29) is 0 Å². The van der Waals surface area contributed by atoms with Crippen molar-refractivity contribution >= 4 is 33.5 Å². The molecule has 1 aromatic carbocycles. The molecule has 3 nitrogen and oxygen atoms in total. The Morgan fingerprint density at radius 1 is 1.32 bits per heavy atom. The number of aromatic nitrogens is 1. The van der Waals surface area contributed by atoms with Gasteiger partial charge in [0.15, 0.2) is 0 Å². The third kappa shape index (κ3) is 3.42. The van der Waals surface area contributed by atoms with E-state index in [1.54, 1.807) is 0 Å². The number of rotatable bonds is 6. The molecule has 104 valence electrons. The van der Waals surface area contributed by atoms with Gasteiger partial charge in [0.2, 0.25) is 0 Å². The van der Waals surface area contributed by atoms with Crippen molar-refractivity contribution in [3.63, 3.8) is 0 Å². The molecule has 0 aliphatic rings. The van der Waals surface area contributed by atoms with Crippen LogP contribution in [0, 0.1) is 3.57 Å². The number of halogens is 1. The predicted molar refractivity (Wildman–Crippen MR) is 89.1 cm³/mol. The molecule has 0 radical (unpaired) electrons. The zero-order valence-corrected chi connectivity index (χ0v) is 14.0. The Hall–Kier alpha value is -0.750. The summed E-state index contributed by atoms with van der Waals surface area (Å²) in [6.07, 6.45) is 4.22. The molecule has 0 atom stereocenters. The van der Waals surface area contributed by atoms with Crippen LogP contribution in [0.2, 0.25) is 0 Å². The van der Waals surface area contributed by atoms with Gasteiger partial charge in [-0.1, -0.05) is 6.92 Å². The highest BCUT2D eigenvalue weighted by atomic mass is 127. The van der Waals surface area contributed by atoms with Crippen molar-refractivity contribution in [1.29, 1.82) is 0 Å². The summed E-state index contributed by atoms with van der Waals surface area (Å²) in [6, 6.07) is 4.17. The second-order valence-electron chi connectivity index (χ2n) is 5.02. The Balaban J connectivity index is 2.32. The number of nitrogens with one attached hydrogen (secondary N) is 1. The molecule has 0 unspecified atom stereocenters. The molecule has 1 N–H and O–H groups in total. The van der Waals surface area contributed by atoms with Crippen molar-refractivity contribution < 1.29 is 4.74 Å².